The molecule has 3 saturated carbocycles. The van der Waals surface area contributed by atoms with Crippen molar-refractivity contribution in [1.29, 1.82) is 5.41 Å². The molecule has 0 radical (unpaired) electrons. The zero-order valence-corrected chi connectivity index (χ0v) is 17.7. The molecule has 6 N–H and O–H groups in total. The standard InChI is InChI=1S/C21H33BN4O4/c1-29-21-11-8-20(9-12-21,10-13-21)16-6-4-15(5-7-16)18(27)26-17(30-22-28)3-2-14-25-19(23)24/h4-7,17,22,28H,2-3,8-14H2,1H3,(H,26,27)(H4,23,24,25)/t17-,20?,21?/m1/s1. The second-order valence-electron chi connectivity index (χ2n) is 8.49. The summed E-state index contributed by atoms with van der Waals surface area (Å²) in [6.45, 7) is 0.498. The molecule has 0 unspecified atom stereocenters. The summed E-state index contributed by atoms with van der Waals surface area (Å²) in [6, 6.07) is 7.91. The molecule has 30 heavy (non-hydrogen) atoms. The number of ether oxygens (including phenoxy) is 1. The molecule has 3 fully saturated rings. The summed E-state index contributed by atoms with van der Waals surface area (Å²) in [5.74, 6) is -0.329. The summed E-state index contributed by atoms with van der Waals surface area (Å²) in [6.07, 6.45) is 7.23. The van der Waals surface area contributed by atoms with Crippen molar-refractivity contribution in [3.63, 3.8) is 0 Å². The number of rotatable bonds is 10. The molecular weight excluding hydrogens is 383 g/mol. The van der Waals surface area contributed by atoms with Crippen LogP contribution in [-0.4, -0.2) is 50.1 Å². The van der Waals surface area contributed by atoms with Gasteiger partial charge in [-0.05, 0) is 74.5 Å². The number of amides is 1. The van der Waals surface area contributed by atoms with E-state index in [-0.39, 0.29) is 22.9 Å². The summed E-state index contributed by atoms with van der Waals surface area (Å²) < 4.78 is 11.0. The van der Waals surface area contributed by atoms with Crippen LogP contribution in [0.2, 0.25) is 0 Å². The van der Waals surface area contributed by atoms with Gasteiger partial charge in [-0.3, -0.25) is 10.2 Å². The zero-order chi connectivity index (χ0) is 21.6. The zero-order valence-electron chi connectivity index (χ0n) is 17.7. The van der Waals surface area contributed by atoms with Crippen LogP contribution in [0.15, 0.2) is 24.3 Å². The minimum Gasteiger partial charge on any atom is -0.430 e. The van der Waals surface area contributed by atoms with Crippen LogP contribution in [-0.2, 0) is 14.8 Å². The number of hydrogen-bond donors (Lipinski definition) is 5. The average molecular weight is 416 g/mol. The molecule has 1 amide bonds. The Hall–Kier alpha value is -2.10. The Balaban J connectivity index is 1.57. The van der Waals surface area contributed by atoms with Gasteiger partial charge in [-0.15, -0.1) is 0 Å². The van der Waals surface area contributed by atoms with Crippen molar-refractivity contribution in [3.05, 3.63) is 35.4 Å². The molecule has 164 valence electrons. The summed E-state index contributed by atoms with van der Waals surface area (Å²) in [4.78, 5) is 12.6. The molecule has 9 heteroatoms. The normalized spacial score (nSPS) is 26.1. The lowest BCUT2D eigenvalue weighted by Crippen LogP contribution is -2.49. The van der Waals surface area contributed by atoms with Crippen molar-refractivity contribution in [3.8, 4) is 0 Å². The van der Waals surface area contributed by atoms with Gasteiger partial charge >= 0.3 is 7.69 Å². The smallest absolute Gasteiger partial charge is 0.430 e. The van der Waals surface area contributed by atoms with Gasteiger partial charge in [-0.2, -0.15) is 0 Å². The maximum absolute atomic E-state index is 12.6. The Morgan fingerprint density at radius 2 is 1.87 bits per heavy atom. The SMILES string of the molecule is COC12CCC(c3ccc(C(=O)N[C@@H](CCCNC(=N)N)OBO)cc3)(CC1)CC2. The van der Waals surface area contributed by atoms with E-state index in [1.54, 1.807) is 0 Å². The lowest BCUT2D eigenvalue weighted by Gasteiger charge is -2.53. The fourth-order valence-electron chi connectivity index (χ4n) is 4.89. The summed E-state index contributed by atoms with van der Waals surface area (Å²) in [5, 5.41) is 21.8. The van der Waals surface area contributed by atoms with E-state index < -0.39 is 13.9 Å². The van der Waals surface area contributed by atoms with Crippen LogP contribution in [0.5, 0.6) is 0 Å². The third kappa shape index (κ3) is 5.14. The molecule has 2 bridgehead atoms. The van der Waals surface area contributed by atoms with Gasteiger partial charge in [0.05, 0.1) is 5.60 Å². The number of hydrogen-bond acceptors (Lipinski definition) is 5. The van der Waals surface area contributed by atoms with Gasteiger partial charge in [-0.25, -0.2) is 0 Å². The number of methoxy groups -OCH3 is 1. The van der Waals surface area contributed by atoms with Crippen LogP contribution in [0.25, 0.3) is 0 Å². The van der Waals surface area contributed by atoms with Crippen LogP contribution in [0.4, 0.5) is 0 Å². The second-order valence-corrected chi connectivity index (χ2v) is 8.49. The molecule has 0 spiro atoms. The predicted molar refractivity (Wildman–Crippen MR) is 116 cm³/mol. The van der Waals surface area contributed by atoms with Crippen LogP contribution in [0, 0.1) is 5.41 Å². The molecule has 3 aliphatic carbocycles. The highest BCUT2D eigenvalue weighted by molar-refractivity contribution is 6.16. The number of carbonyl (C=O) groups excluding carboxylic acids is 1. The third-order valence-corrected chi connectivity index (χ3v) is 6.90. The average Bonchev–Trinajstić information content (AvgIpc) is 2.78. The number of guanidine groups is 1. The van der Waals surface area contributed by atoms with E-state index in [9.17, 15) is 4.79 Å². The van der Waals surface area contributed by atoms with E-state index in [0.29, 0.717) is 24.9 Å². The van der Waals surface area contributed by atoms with Crippen LogP contribution in [0.1, 0.15) is 67.3 Å². The summed E-state index contributed by atoms with van der Waals surface area (Å²) >= 11 is 0. The van der Waals surface area contributed by atoms with E-state index in [0.717, 1.165) is 38.5 Å². The van der Waals surface area contributed by atoms with Gasteiger partial charge in [0.25, 0.3) is 5.91 Å². The number of benzene rings is 1. The van der Waals surface area contributed by atoms with Crippen molar-refractivity contribution < 1.29 is 19.2 Å². The van der Waals surface area contributed by atoms with Crippen molar-refractivity contribution in [1.82, 2.24) is 10.6 Å². The topological polar surface area (TPSA) is 130 Å². The highest BCUT2D eigenvalue weighted by Gasteiger charge is 2.49. The molecule has 0 aliphatic heterocycles. The molecule has 4 rings (SSSR count). The van der Waals surface area contributed by atoms with Gasteiger partial charge in [0, 0.05) is 19.2 Å². The molecule has 0 heterocycles. The monoisotopic (exact) mass is 416 g/mol. The lowest BCUT2D eigenvalue weighted by molar-refractivity contribution is -0.0955. The minimum absolute atomic E-state index is 0.0865. The van der Waals surface area contributed by atoms with Crippen molar-refractivity contribution in [2.45, 2.75) is 68.6 Å². The van der Waals surface area contributed by atoms with E-state index in [2.05, 4.69) is 22.8 Å². The van der Waals surface area contributed by atoms with E-state index in [1.165, 1.54) is 5.56 Å². The Morgan fingerprint density at radius 3 is 2.40 bits per heavy atom. The Morgan fingerprint density at radius 1 is 1.23 bits per heavy atom. The fraction of sp³-hybridized carbons (Fsp3) is 0.619. The number of nitrogens with two attached hydrogens (primary N) is 1. The molecule has 1 atom stereocenters. The van der Waals surface area contributed by atoms with Crippen molar-refractivity contribution in [2.75, 3.05) is 13.7 Å². The molecule has 0 aromatic heterocycles. The Kier molecular flexibility index (Phi) is 7.38. The van der Waals surface area contributed by atoms with E-state index in [4.69, 9.17) is 25.6 Å². The summed E-state index contributed by atoms with van der Waals surface area (Å²) in [5.41, 5.74) is 7.43. The molecule has 0 saturated heterocycles. The molecular formula is C21H33BN4O4. The quantitative estimate of drug-likeness (QED) is 0.128. The van der Waals surface area contributed by atoms with Gasteiger partial charge in [0.1, 0.15) is 6.23 Å². The minimum atomic E-state index is -0.603. The molecule has 1 aromatic carbocycles. The first kappa shape index (κ1) is 22.6. The van der Waals surface area contributed by atoms with Crippen molar-refractivity contribution in [2.24, 2.45) is 5.73 Å². The highest BCUT2D eigenvalue weighted by Crippen LogP contribution is 2.54. The molecule has 1 aromatic rings. The number of nitrogens with one attached hydrogen (secondary N) is 3. The lowest BCUT2D eigenvalue weighted by atomic mass is 9.56. The van der Waals surface area contributed by atoms with E-state index in [1.807, 2.05) is 19.2 Å². The highest BCUT2D eigenvalue weighted by atomic mass is 16.5. The second kappa shape index (κ2) is 9.81. The van der Waals surface area contributed by atoms with Gasteiger partial charge in [0.2, 0.25) is 0 Å². The Bertz CT molecular complexity index is 718. The maximum Gasteiger partial charge on any atom is 0.436 e. The first-order valence-corrected chi connectivity index (χ1v) is 10.7. The van der Waals surface area contributed by atoms with Gasteiger partial charge in [0.15, 0.2) is 5.96 Å². The van der Waals surface area contributed by atoms with E-state index >= 15 is 0 Å². The summed E-state index contributed by atoms with van der Waals surface area (Å²) in [7, 11) is 1.36. The maximum atomic E-state index is 12.6. The largest absolute Gasteiger partial charge is 0.436 e. The predicted octanol–water partition coefficient (Wildman–Crippen LogP) is 1.27. The van der Waals surface area contributed by atoms with Crippen LogP contribution < -0.4 is 16.4 Å². The first-order chi connectivity index (χ1) is 14.4. The number of fused-ring (bicyclic) bond motifs is 3. The van der Waals surface area contributed by atoms with Gasteiger partial charge < -0.3 is 30.8 Å². The van der Waals surface area contributed by atoms with Crippen LogP contribution >= 0.6 is 0 Å². The van der Waals surface area contributed by atoms with Crippen LogP contribution in [0.3, 0.4) is 0 Å². The fourth-order valence-corrected chi connectivity index (χ4v) is 4.89. The third-order valence-electron chi connectivity index (χ3n) is 6.90. The molecule has 3 aliphatic rings. The Labute approximate surface area is 178 Å². The van der Waals surface area contributed by atoms with Crippen molar-refractivity contribution >= 4 is 19.6 Å². The number of carbonyl (C=O) groups is 1. The van der Waals surface area contributed by atoms with Gasteiger partial charge in [-0.1, -0.05) is 12.1 Å². The first-order valence-electron chi connectivity index (χ1n) is 10.7. The molecule has 8 nitrogen and oxygen atoms in total.